The average molecular weight is 242 g/mol. The van der Waals surface area contributed by atoms with Crippen molar-refractivity contribution in [1.29, 1.82) is 0 Å². The standard InChI is InChI=1S/C11H18N2O2S/c1-8(11(14)15)4-5-10-12-6-9(16-10)7-13(2)3/h6,8H,4-5,7H2,1-3H3,(H,14,15). The van der Waals surface area contributed by atoms with Gasteiger partial charge in [-0.25, -0.2) is 4.98 Å². The molecule has 1 atom stereocenters. The van der Waals surface area contributed by atoms with Crippen LogP contribution in [0.1, 0.15) is 23.2 Å². The highest BCUT2D eigenvalue weighted by Gasteiger charge is 2.12. The van der Waals surface area contributed by atoms with Crippen molar-refractivity contribution >= 4 is 17.3 Å². The van der Waals surface area contributed by atoms with E-state index in [0.29, 0.717) is 6.42 Å². The van der Waals surface area contributed by atoms with Crippen LogP contribution in [0.4, 0.5) is 0 Å². The first-order valence-corrected chi connectivity index (χ1v) is 6.11. The Morgan fingerprint density at radius 2 is 2.31 bits per heavy atom. The quantitative estimate of drug-likeness (QED) is 0.827. The largest absolute Gasteiger partial charge is 0.481 e. The van der Waals surface area contributed by atoms with E-state index in [4.69, 9.17) is 5.11 Å². The zero-order chi connectivity index (χ0) is 12.1. The van der Waals surface area contributed by atoms with Crippen LogP contribution < -0.4 is 0 Å². The Bertz CT molecular complexity index is 350. The molecule has 0 saturated heterocycles. The van der Waals surface area contributed by atoms with Crippen molar-refractivity contribution in [2.75, 3.05) is 14.1 Å². The van der Waals surface area contributed by atoms with Gasteiger partial charge in [-0.05, 0) is 20.5 Å². The Morgan fingerprint density at radius 3 is 2.88 bits per heavy atom. The van der Waals surface area contributed by atoms with Gasteiger partial charge in [-0.15, -0.1) is 11.3 Å². The van der Waals surface area contributed by atoms with Crippen LogP contribution in [0.2, 0.25) is 0 Å². The van der Waals surface area contributed by atoms with Crippen molar-refractivity contribution in [1.82, 2.24) is 9.88 Å². The maximum atomic E-state index is 10.6. The normalized spacial score (nSPS) is 13.0. The Balaban J connectivity index is 2.43. The molecule has 4 nitrogen and oxygen atoms in total. The molecule has 0 saturated carbocycles. The minimum absolute atomic E-state index is 0.291. The number of aliphatic carboxylic acids is 1. The second-order valence-corrected chi connectivity index (χ2v) is 5.44. The fourth-order valence-electron chi connectivity index (χ4n) is 1.31. The van der Waals surface area contributed by atoms with Gasteiger partial charge in [0, 0.05) is 24.0 Å². The molecule has 0 aliphatic rings. The Labute approximate surface area is 99.9 Å². The summed E-state index contributed by atoms with van der Waals surface area (Å²) < 4.78 is 0. The van der Waals surface area contributed by atoms with Crippen LogP contribution in [0.25, 0.3) is 0 Å². The first-order valence-electron chi connectivity index (χ1n) is 5.30. The summed E-state index contributed by atoms with van der Waals surface area (Å²) in [6, 6.07) is 0. The van der Waals surface area contributed by atoms with Crippen molar-refractivity contribution in [2.45, 2.75) is 26.3 Å². The molecule has 0 fully saturated rings. The van der Waals surface area contributed by atoms with E-state index in [0.717, 1.165) is 18.0 Å². The van der Waals surface area contributed by atoms with Crippen molar-refractivity contribution in [2.24, 2.45) is 5.92 Å². The van der Waals surface area contributed by atoms with E-state index >= 15 is 0 Å². The number of aryl methyl sites for hydroxylation is 1. The zero-order valence-electron chi connectivity index (χ0n) is 9.93. The van der Waals surface area contributed by atoms with Crippen molar-refractivity contribution in [3.8, 4) is 0 Å². The summed E-state index contributed by atoms with van der Waals surface area (Å²) in [7, 11) is 4.04. The van der Waals surface area contributed by atoms with Crippen LogP contribution in [0.15, 0.2) is 6.20 Å². The lowest BCUT2D eigenvalue weighted by atomic mass is 10.1. The zero-order valence-corrected chi connectivity index (χ0v) is 10.8. The molecule has 0 spiro atoms. The summed E-state index contributed by atoms with van der Waals surface area (Å²) in [5, 5.41) is 9.79. The molecule has 0 aliphatic heterocycles. The van der Waals surface area contributed by atoms with Crippen molar-refractivity contribution in [3.05, 3.63) is 16.1 Å². The second kappa shape index (κ2) is 5.96. The maximum Gasteiger partial charge on any atom is 0.306 e. The molecule has 90 valence electrons. The molecular formula is C11H18N2O2S. The first-order chi connectivity index (χ1) is 7.49. The number of hydrogen-bond acceptors (Lipinski definition) is 4. The summed E-state index contributed by atoms with van der Waals surface area (Å²) in [5.74, 6) is -1.02. The summed E-state index contributed by atoms with van der Waals surface area (Å²) in [6.45, 7) is 2.63. The van der Waals surface area contributed by atoms with Gasteiger partial charge in [0.2, 0.25) is 0 Å². The van der Waals surface area contributed by atoms with Gasteiger partial charge in [0.15, 0.2) is 0 Å². The highest BCUT2D eigenvalue weighted by Crippen LogP contribution is 2.17. The van der Waals surface area contributed by atoms with E-state index in [2.05, 4.69) is 9.88 Å². The summed E-state index contributed by atoms with van der Waals surface area (Å²) in [6.07, 6.45) is 3.29. The van der Waals surface area contributed by atoms with Gasteiger partial charge >= 0.3 is 5.97 Å². The molecule has 1 unspecified atom stereocenters. The lowest BCUT2D eigenvalue weighted by molar-refractivity contribution is -0.141. The van der Waals surface area contributed by atoms with Crippen LogP contribution in [-0.2, 0) is 17.8 Å². The predicted molar refractivity (Wildman–Crippen MR) is 64.6 cm³/mol. The summed E-state index contributed by atoms with van der Waals surface area (Å²) in [4.78, 5) is 18.3. The third kappa shape index (κ3) is 4.28. The molecule has 1 rings (SSSR count). The van der Waals surface area contributed by atoms with Crippen LogP contribution in [0.5, 0.6) is 0 Å². The SMILES string of the molecule is CC(CCc1ncc(CN(C)C)s1)C(=O)O. The van der Waals surface area contributed by atoms with Gasteiger partial charge in [0.25, 0.3) is 0 Å². The second-order valence-electron chi connectivity index (χ2n) is 4.24. The predicted octanol–water partition coefficient (Wildman–Crippen LogP) is 1.86. The van der Waals surface area contributed by atoms with E-state index < -0.39 is 5.97 Å². The van der Waals surface area contributed by atoms with E-state index in [1.165, 1.54) is 4.88 Å². The molecule has 5 heteroatoms. The van der Waals surface area contributed by atoms with Crippen LogP contribution in [0.3, 0.4) is 0 Å². The van der Waals surface area contributed by atoms with Crippen LogP contribution in [-0.4, -0.2) is 35.1 Å². The monoisotopic (exact) mass is 242 g/mol. The van der Waals surface area contributed by atoms with E-state index in [9.17, 15) is 4.79 Å². The molecule has 0 aliphatic carbocycles. The molecule has 1 aromatic heterocycles. The maximum absolute atomic E-state index is 10.6. The van der Waals surface area contributed by atoms with E-state index in [1.807, 2.05) is 20.3 Å². The topological polar surface area (TPSA) is 53.4 Å². The van der Waals surface area contributed by atoms with Gasteiger partial charge in [-0.2, -0.15) is 0 Å². The van der Waals surface area contributed by atoms with Gasteiger partial charge in [0.1, 0.15) is 0 Å². The molecule has 1 aromatic rings. The Hall–Kier alpha value is -0.940. The highest BCUT2D eigenvalue weighted by atomic mass is 32.1. The number of nitrogens with zero attached hydrogens (tertiary/aromatic N) is 2. The molecular weight excluding hydrogens is 224 g/mol. The van der Waals surface area contributed by atoms with Gasteiger partial charge in [-0.1, -0.05) is 6.92 Å². The molecule has 1 N–H and O–H groups in total. The molecule has 0 bridgehead atoms. The minimum atomic E-state index is -0.731. The Morgan fingerprint density at radius 1 is 1.62 bits per heavy atom. The third-order valence-electron chi connectivity index (χ3n) is 2.29. The smallest absolute Gasteiger partial charge is 0.306 e. The van der Waals surface area contributed by atoms with Gasteiger partial charge in [0.05, 0.1) is 10.9 Å². The lowest BCUT2D eigenvalue weighted by Gasteiger charge is -2.05. The number of carbonyl (C=O) groups is 1. The molecule has 0 aromatic carbocycles. The third-order valence-corrected chi connectivity index (χ3v) is 3.33. The van der Waals surface area contributed by atoms with E-state index in [1.54, 1.807) is 18.3 Å². The van der Waals surface area contributed by atoms with Crippen LogP contribution >= 0.6 is 11.3 Å². The lowest BCUT2D eigenvalue weighted by Crippen LogP contribution is -2.10. The van der Waals surface area contributed by atoms with Gasteiger partial charge < -0.3 is 10.0 Å². The molecule has 16 heavy (non-hydrogen) atoms. The summed E-state index contributed by atoms with van der Waals surface area (Å²) >= 11 is 1.67. The van der Waals surface area contributed by atoms with Gasteiger partial charge in [-0.3, -0.25) is 4.79 Å². The fourth-order valence-corrected chi connectivity index (χ4v) is 2.37. The summed E-state index contributed by atoms with van der Waals surface area (Å²) in [5.41, 5.74) is 0. The molecule has 1 heterocycles. The first kappa shape index (κ1) is 13.1. The molecule has 0 radical (unpaired) electrons. The number of carboxylic acids is 1. The Kier molecular flexibility index (Phi) is 4.89. The van der Waals surface area contributed by atoms with E-state index in [-0.39, 0.29) is 5.92 Å². The highest BCUT2D eigenvalue weighted by molar-refractivity contribution is 7.11. The number of carboxylic acid groups (broad SMARTS) is 1. The number of thiazole rings is 1. The fraction of sp³-hybridized carbons (Fsp3) is 0.636. The van der Waals surface area contributed by atoms with Crippen molar-refractivity contribution in [3.63, 3.8) is 0 Å². The minimum Gasteiger partial charge on any atom is -0.481 e. The van der Waals surface area contributed by atoms with Crippen LogP contribution in [0, 0.1) is 5.92 Å². The number of rotatable bonds is 6. The molecule has 0 amide bonds. The number of aromatic nitrogens is 1. The van der Waals surface area contributed by atoms with Crippen molar-refractivity contribution < 1.29 is 9.90 Å². The number of hydrogen-bond donors (Lipinski definition) is 1. The average Bonchev–Trinajstić information content (AvgIpc) is 2.60.